The Hall–Kier alpha value is -0.660. The summed E-state index contributed by atoms with van der Waals surface area (Å²) in [4.78, 5) is 10.6. The lowest BCUT2D eigenvalue weighted by atomic mass is 10.0. The van der Waals surface area contributed by atoms with Crippen LogP contribution >= 0.6 is 0 Å². The Labute approximate surface area is 115 Å². The van der Waals surface area contributed by atoms with Crippen molar-refractivity contribution in [2.75, 3.05) is 13.1 Å². The number of hydrogen-bond acceptors (Lipinski definition) is 3. The molecule has 1 aliphatic rings. The van der Waals surface area contributed by atoms with Gasteiger partial charge in [0.2, 0.25) is 0 Å². The number of nitrogens with zero attached hydrogens (tertiary/aromatic N) is 1. The molecule has 7 heteroatoms. The minimum absolute atomic E-state index is 0.0461. The number of hydrogen-bond donors (Lipinski definition) is 2. The lowest BCUT2D eigenvalue weighted by Gasteiger charge is -2.29. The maximum atomic E-state index is 12.3. The third-order valence-corrected chi connectivity index (χ3v) is 5.13. The fourth-order valence-corrected chi connectivity index (χ4v) is 3.83. The molecule has 6 nitrogen and oxygen atoms in total. The molecule has 0 radical (unpaired) electrons. The molecule has 0 spiro atoms. The Balaban J connectivity index is 2.63. The Morgan fingerprint density at radius 1 is 1.21 bits per heavy atom. The first kappa shape index (κ1) is 16.4. The zero-order valence-corrected chi connectivity index (χ0v) is 12.5. The largest absolute Gasteiger partial charge is 0.481 e. The smallest absolute Gasteiger partial charge is 0.303 e. The van der Waals surface area contributed by atoms with E-state index in [1.54, 1.807) is 13.8 Å². The maximum Gasteiger partial charge on any atom is 0.303 e. The van der Waals surface area contributed by atoms with Gasteiger partial charge in [-0.1, -0.05) is 12.8 Å². The average molecular weight is 292 g/mol. The SMILES string of the molecule is CC(C)(CCC(=O)O)NS(=O)(=O)N1CCCCCC1. The van der Waals surface area contributed by atoms with E-state index in [-0.39, 0.29) is 12.8 Å². The van der Waals surface area contributed by atoms with Crippen molar-refractivity contribution in [3.8, 4) is 0 Å². The molecule has 1 saturated heterocycles. The Morgan fingerprint density at radius 3 is 2.21 bits per heavy atom. The highest BCUT2D eigenvalue weighted by Crippen LogP contribution is 2.17. The summed E-state index contributed by atoms with van der Waals surface area (Å²) in [7, 11) is -3.52. The predicted octanol–water partition coefficient (Wildman–Crippen LogP) is 1.34. The van der Waals surface area contributed by atoms with Gasteiger partial charge in [0.1, 0.15) is 0 Å². The van der Waals surface area contributed by atoms with Gasteiger partial charge in [-0.2, -0.15) is 17.4 Å². The van der Waals surface area contributed by atoms with Crippen LogP contribution in [0, 0.1) is 0 Å². The highest BCUT2D eigenvalue weighted by atomic mass is 32.2. The van der Waals surface area contributed by atoms with Gasteiger partial charge in [0, 0.05) is 25.0 Å². The number of carboxylic acid groups (broad SMARTS) is 1. The third-order valence-electron chi connectivity index (χ3n) is 3.27. The summed E-state index contributed by atoms with van der Waals surface area (Å²) in [5, 5.41) is 8.67. The molecule has 19 heavy (non-hydrogen) atoms. The summed E-state index contributed by atoms with van der Waals surface area (Å²) in [6.45, 7) is 4.52. The van der Waals surface area contributed by atoms with Gasteiger partial charge in [0.15, 0.2) is 0 Å². The lowest BCUT2D eigenvalue weighted by Crippen LogP contribution is -2.50. The Kier molecular flexibility index (Phi) is 5.76. The Bertz CT molecular complexity index is 398. The van der Waals surface area contributed by atoms with Gasteiger partial charge in [0.25, 0.3) is 10.2 Å². The van der Waals surface area contributed by atoms with E-state index in [0.29, 0.717) is 13.1 Å². The molecule has 0 atom stereocenters. The molecule has 0 aliphatic carbocycles. The van der Waals surface area contributed by atoms with Gasteiger partial charge in [-0.15, -0.1) is 0 Å². The highest BCUT2D eigenvalue weighted by Gasteiger charge is 2.30. The molecular formula is C12H24N2O4S. The zero-order chi connectivity index (χ0) is 14.5. The molecule has 0 amide bonds. The van der Waals surface area contributed by atoms with E-state index in [1.165, 1.54) is 4.31 Å². The topological polar surface area (TPSA) is 86.7 Å². The second-order valence-corrected chi connectivity index (χ2v) is 7.37. The summed E-state index contributed by atoms with van der Waals surface area (Å²) < 4.78 is 28.6. The highest BCUT2D eigenvalue weighted by molar-refractivity contribution is 7.87. The van der Waals surface area contributed by atoms with Crippen molar-refractivity contribution in [1.29, 1.82) is 0 Å². The van der Waals surface area contributed by atoms with E-state index in [9.17, 15) is 13.2 Å². The summed E-state index contributed by atoms with van der Waals surface area (Å²) in [6.07, 6.45) is 4.13. The maximum absolute atomic E-state index is 12.3. The summed E-state index contributed by atoms with van der Waals surface area (Å²) in [6, 6.07) is 0. The van der Waals surface area contributed by atoms with Crippen LogP contribution in [0.2, 0.25) is 0 Å². The van der Waals surface area contributed by atoms with Crippen molar-refractivity contribution in [3.63, 3.8) is 0 Å². The van der Waals surface area contributed by atoms with Gasteiger partial charge in [-0.3, -0.25) is 4.79 Å². The summed E-state index contributed by atoms with van der Waals surface area (Å²) in [5.41, 5.74) is -0.747. The van der Waals surface area contributed by atoms with Crippen molar-refractivity contribution >= 4 is 16.2 Å². The monoisotopic (exact) mass is 292 g/mol. The number of nitrogens with one attached hydrogen (secondary N) is 1. The zero-order valence-electron chi connectivity index (χ0n) is 11.7. The second-order valence-electron chi connectivity index (χ2n) is 5.70. The van der Waals surface area contributed by atoms with E-state index < -0.39 is 21.7 Å². The summed E-state index contributed by atoms with van der Waals surface area (Å²) in [5.74, 6) is -0.915. The fourth-order valence-electron chi connectivity index (χ4n) is 2.17. The standard InChI is InChI=1S/C12H24N2O4S/c1-12(2,8-7-11(15)16)13-19(17,18)14-9-5-3-4-6-10-14/h13H,3-10H2,1-2H3,(H,15,16). The number of aliphatic carboxylic acids is 1. The number of carboxylic acids is 1. The minimum Gasteiger partial charge on any atom is -0.481 e. The minimum atomic E-state index is -3.52. The van der Waals surface area contributed by atoms with E-state index in [1.807, 2.05) is 0 Å². The van der Waals surface area contributed by atoms with Crippen molar-refractivity contribution in [2.45, 2.75) is 57.9 Å². The first-order valence-electron chi connectivity index (χ1n) is 6.74. The normalized spacial score (nSPS) is 19.1. The van der Waals surface area contributed by atoms with Crippen LogP contribution in [-0.2, 0) is 15.0 Å². The van der Waals surface area contributed by atoms with E-state index in [2.05, 4.69) is 4.72 Å². The van der Waals surface area contributed by atoms with Gasteiger partial charge in [-0.25, -0.2) is 0 Å². The molecule has 1 aliphatic heterocycles. The molecule has 112 valence electrons. The van der Waals surface area contributed by atoms with Crippen molar-refractivity contribution in [2.24, 2.45) is 0 Å². The van der Waals surface area contributed by atoms with Crippen LogP contribution in [0.15, 0.2) is 0 Å². The van der Waals surface area contributed by atoms with Crippen LogP contribution in [0.25, 0.3) is 0 Å². The van der Waals surface area contributed by atoms with Gasteiger partial charge in [0.05, 0.1) is 0 Å². The second kappa shape index (κ2) is 6.67. The van der Waals surface area contributed by atoms with Crippen LogP contribution in [0.3, 0.4) is 0 Å². The molecule has 0 aromatic rings. The summed E-state index contributed by atoms with van der Waals surface area (Å²) >= 11 is 0. The molecule has 0 unspecified atom stereocenters. The van der Waals surface area contributed by atoms with Crippen LogP contribution in [0.5, 0.6) is 0 Å². The van der Waals surface area contributed by atoms with Crippen LogP contribution < -0.4 is 4.72 Å². The van der Waals surface area contributed by atoms with Crippen molar-refractivity contribution < 1.29 is 18.3 Å². The molecule has 0 bridgehead atoms. The number of carbonyl (C=O) groups is 1. The van der Waals surface area contributed by atoms with E-state index >= 15 is 0 Å². The van der Waals surface area contributed by atoms with Crippen molar-refractivity contribution in [1.82, 2.24) is 9.03 Å². The first-order chi connectivity index (χ1) is 8.73. The molecule has 2 N–H and O–H groups in total. The molecule has 1 rings (SSSR count). The van der Waals surface area contributed by atoms with Crippen LogP contribution in [-0.4, -0.2) is 42.4 Å². The molecule has 0 aromatic heterocycles. The molecular weight excluding hydrogens is 268 g/mol. The first-order valence-corrected chi connectivity index (χ1v) is 8.18. The van der Waals surface area contributed by atoms with E-state index in [4.69, 9.17) is 5.11 Å². The average Bonchev–Trinajstić information content (AvgIpc) is 2.54. The predicted molar refractivity (Wildman–Crippen MR) is 73.0 cm³/mol. The molecule has 0 saturated carbocycles. The quantitative estimate of drug-likeness (QED) is 0.773. The lowest BCUT2D eigenvalue weighted by molar-refractivity contribution is -0.137. The van der Waals surface area contributed by atoms with Crippen molar-refractivity contribution in [3.05, 3.63) is 0 Å². The van der Waals surface area contributed by atoms with Gasteiger partial charge in [-0.05, 0) is 33.1 Å². The molecule has 1 heterocycles. The Morgan fingerprint density at radius 2 is 1.74 bits per heavy atom. The van der Waals surface area contributed by atoms with Crippen LogP contribution in [0.4, 0.5) is 0 Å². The molecule has 0 aromatic carbocycles. The number of rotatable bonds is 6. The molecule has 1 fully saturated rings. The van der Waals surface area contributed by atoms with Gasteiger partial charge >= 0.3 is 5.97 Å². The van der Waals surface area contributed by atoms with E-state index in [0.717, 1.165) is 25.7 Å². The van der Waals surface area contributed by atoms with Crippen LogP contribution in [0.1, 0.15) is 52.4 Å². The third kappa shape index (κ3) is 5.88. The fraction of sp³-hybridized carbons (Fsp3) is 0.917. The van der Waals surface area contributed by atoms with Gasteiger partial charge < -0.3 is 5.11 Å².